The number of piperazine rings is 1. The summed E-state index contributed by atoms with van der Waals surface area (Å²) in [7, 11) is 2.13. The van der Waals surface area contributed by atoms with Crippen molar-refractivity contribution in [2.75, 3.05) is 43.4 Å². The SMILES string of the molecule is CC=C(N=C(C)Nc1cccc(C)c1)c1cnc(N2CCN(C)CC2)o1. The highest BCUT2D eigenvalue weighted by Crippen LogP contribution is 2.23. The number of benzene rings is 1. The second-order valence-corrected chi connectivity index (χ2v) is 6.66. The fourth-order valence-corrected chi connectivity index (χ4v) is 2.93. The van der Waals surface area contributed by atoms with Crippen LogP contribution >= 0.6 is 0 Å². The largest absolute Gasteiger partial charge is 0.422 e. The summed E-state index contributed by atoms with van der Waals surface area (Å²) in [6.45, 7) is 9.87. The number of hydrogen-bond donors (Lipinski definition) is 1. The first kappa shape index (κ1) is 18.2. The highest BCUT2D eigenvalue weighted by atomic mass is 16.4. The van der Waals surface area contributed by atoms with Crippen molar-refractivity contribution in [2.45, 2.75) is 20.8 Å². The average molecular weight is 353 g/mol. The zero-order valence-corrected chi connectivity index (χ0v) is 16.0. The summed E-state index contributed by atoms with van der Waals surface area (Å²) < 4.78 is 5.97. The molecule has 0 unspecified atom stereocenters. The molecule has 2 heterocycles. The number of rotatable bonds is 4. The van der Waals surface area contributed by atoms with E-state index in [1.54, 1.807) is 6.20 Å². The molecular weight excluding hydrogens is 326 g/mol. The molecule has 3 rings (SSSR count). The summed E-state index contributed by atoms with van der Waals surface area (Å²) in [4.78, 5) is 13.6. The van der Waals surface area contributed by atoms with E-state index in [0.717, 1.165) is 43.4 Å². The van der Waals surface area contributed by atoms with E-state index in [1.807, 2.05) is 32.1 Å². The molecule has 0 spiro atoms. The normalized spacial score (nSPS) is 16.8. The van der Waals surface area contributed by atoms with Gasteiger partial charge in [0, 0.05) is 31.9 Å². The maximum absolute atomic E-state index is 5.97. The average Bonchev–Trinajstić information content (AvgIpc) is 3.10. The van der Waals surface area contributed by atoms with Gasteiger partial charge >= 0.3 is 0 Å². The van der Waals surface area contributed by atoms with E-state index in [1.165, 1.54) is 5.56 Å². The lowest BCUT2D eigenvalue weighted by Gasteiger charge is -2.31. The van der Waals surface area contributed by atoms with Gasteiger partial charge in [-0.05, 0) is 45.5 Å². The number of aryl methyl sites for hydroxylation is 1. The Hall–Kier alpha value is -2.60. The van der Waals surface area contributed by atoms with Gasteiger partial charge in [0.2, 0.25) is 0 Å². The van der Waals surface area contributed by atoms with Crippen molar-refractivity contribution in [1.82, 2.24) is 9.88 Å². The summed E-state index contributed by atoms with van der Waals surface area (Å²) in [5, 5.41) is 3.32. The Balaban J connectivity index is 1.71. The smallest absolute Gasteiger partial charge is 0.297 e. The second-order valence-electron chi connectivity index (χ2n) is 6.66. The summed E-state index contributed by atoms with van der Waals surface area (Å²) >= 11 is 0. The lowest BCUT2D eigenvalue weighted by atomic mass is 10.2. The number of oxazole rings is 1. The van der Waals surface area contributed by atoms with Gasteiger partial charge in [-0.2, -0.15) is 0 Å². The first-order chi connectivity index (χ1) is 12.5. The topological polar surface area (TPSA) is 56.9 Å². The van der Waals surface area contributed by atoms with E-state index >= 15 is 0 Å². The molecule has 138 valence electrons. The number of nitrogens with zero attached hydrogens (tertiary/aromatic N) is 4. The lowest BCUT2D eigenvalue weighted by molar-refractivity contribution is 0.304. The minimum atomic E-state index is 0.673. The number of anilines is 2. The molecular formula is C20H27N5O. The fraction of sp³-hybridized carbons (Fsp3) is 0.400. The molecule has 1 saturated heterocycles. The predicted molar refractivity (Wildman–Crippen MR) is 108 cm³/mol. The minimum absolute atomic E-state index is 0.673. The first-order valence-electron chi connectivity index (χ1n) is 9.00. The quantitative estimate of drug-likeness (QED) is 0.672. The molecule has 0 amide bonds. The maximum atomic E-state index is 5.97. The number of hydrogen-bond acceptors (Lipinski definition) is 5. The van der Waals surface area contributed by atoms with Gasteiger partial charge < -0.3 is 19.5 Å². The molecule has 0 atom stereocenters. The van der Waals surface area contributed by atoms with Gasteiger partial charge in [0.15, 0.2) is 5.76 Å². The van der Waals surface area contributed by atoms with E-state index in [-0.39, 0.29) is 0 Å². The Morgan fingerprint density at radius 3 is 2.73 bits per heavy atom. The molecule has 0 saturated carbocycles. The number of aromatic nitrogens is 1. The molecule has 0 radical (unpaired) electrons. The molecule has 26 heavy (non-hydrogen) atoms. The van der Waals surface area contributed by atoms with E-state index < -0.39 is 0 Å². The highest BCUT2D eigenvalue weighted by Gasteiger charge is 2.19. The molecule has 0 bridgehead atoms. The van der Waals surface area contributed by atoms with Crippen molar-refractivity contribution < 1.29 is 4.42 Å². The third-order valence-electron chi connectivity index (χ3n) is 4.42. The van der Waals surface area contributed by atoms with E-state index in [0.29, 0.717) is 11.8 Å². The first-order valence-corrected chi connectivity index (χ1v) is 9.00. The zero-order valence-electron chi connectivity index (χ0n) is 16.0. The van der Waals surface area contributed by atoms with Crippen LogP contribution in [-0.2, 0) is 0 Å². The third kappa shape index (κ3) is 4.52. The number of amidine groups is 1. The van der Waals surface area contributed by atoms with Crippen molar-refractivity contribution in [2.24, 2.45) is 4.99 Å². The molecule has 2 aromatic rings. The van der Waals surface area contributed by atoms with Gasteiger partial charge in [0.1, 0.15) is 11.5 Å². The summed E-state index contributed by atoms with van der Waals surface area (Å²) in [5.74, 6) is 1.49. The Bertz CT molecular complexity index is 800. The molecule has 6 nitrogen and oxygen atoms in total. The predicted octanol–water partition coefficient (Wildman–Crippen LogP) is 3.63. The number of likely N-dealkylation sites (N-methyl/N-ethyl adjacent to an activating group) is 1. The molecule has 1 aliphatic rings. The van der Waals surface area contributed by atoms with Gasteiger partial charge in [-0.3, -0.25) is 0 Å². The number of allylic oxidation sites excluding steroid dienone is 1. The number of aliphatic imine (C=N–C) groups is 1. The summed E-state index contributed by atoms with van der Waals surface area (Å²) in [6.07, 6.45) is 3.70. The Kier molecular flexibility index (Phi) is 5.73. The third-order valence-corrected chi connectivity index (χ3v) is 4.42. The van der Waals surface area contributed by atoms with E-state index in [2.05, 4.69) is 51.2 Å². The fourth-order valence-electron chi connectivity index (χ4n) is 2.93. The van der Waals surface area contributed by atoms with Crippen LogP contribution in [0.15, 0.2) is 45.9 Å². The molecule has 1 aliphatic heterocycles. The van der Waals surface area contributed by atoms with Crippen LogP contribution in [0.2, 0.25) is 0 Å². The van der Waals surface area contributed by atoms with Crippen molar-refractivity contribution in [3.63, 3.8) is 0 Å². The zero-order chi connectivity index (χ0) is 18.5. The van der Waals surface area contributed by atoms with Gasteiger partial charge in [-0.15, -0.1) is 0 Å². The monoisotopic (exact) mass is 353 g/mol. The minimum Gasteiger partial charge on any atom is -0.422 e. The summed E-state index contributed by atoms with van der Waals surface area (Å²) in [6, 6.07) is 8.89. The summed E-state index contributed by atoms with van der Waals surface area (Å²) in [5.41, 5.74) is 3.01. The van der Waals surface area contributed by atoms with Crippen molar-refractivity contribution in [3.05, 3.63) is 47.9 Å². The molecule has 1 aromatic heterocycles. The van der Waals surface area contributed by atoms with Crippen LogP contribution in [0, 0.1) is 6.92 Å². The maximum Gasteiger partial charge on any atom is 0.297 e. The highest BCUT2D eigenvalue weighted by molar-refractivity contribution is 5.96. The molecule has 1 fully saturated rings. The van der Waals surface area contributed by atoms with Gasteiger partial charge in [-0.1, -0.05) is 18.2 Å². The standard InChI is InChI=1S/C20H27N5O/c1-5-18(23-16(3)22-17-8-6-7-15(2)13-17)19-14-21-20(26-19)25-11-9-24(4)10-12-25/h5-8,13-14H,9-12H2,1-4H3,(H,22,23). The van der Waals surface area contributed by atoms with Crippen molar-refractivity contribution in [3.8, 4) is 0 Å². The Morgan fingerprint density at radius 1 is 1.27 bits per heavy atom. The van der Waals surface area contributed by atoms with Gasteiger partial charge in [0.25, 0.3) is 6.01 Å². The molecule has 6 heteroatoms. The lowest BCUT2D eigenvalue weighted by Crippen LogP contribution is -2.44. The van der Waals surface area contributed by atoms with Crippen LogP contribution < -0.4 is 10.2 Å². The van der Waals surface area contributed by atoms with Crippen molar-refractivity contribution >= 4 is 23.2 Å². The van der Waals surface area contributed by atoms with Gasteiger partial charge in [0.05, 0.1) is 6.20 Å². The van der Waals surface area contributed by atoms with Crippen LogP contribution in [0.25, 0.3) is 5.70 Å². The number of nitrogens with one attached hydrogen (secondary N) is 1. The Labute approximate surface area is 155 Å². The molecule has 0 aliphatic carbocycles. The van der Waals surface area contributed by atoms with E-state index in [9.17, 15) is 0 Å². The van der Waals surface area contributed by atoms with Crippen LogP contribution in [-0.4, -0.2) is 48.9 Å². The second kappa shape index (κ2) is 8.19. The van der Waals surface area contributed by atoms with Crippen LogP contribution in [0.4, 0.5) is 11.7 Å². The molecule has 1 N–H and O–H groups in total. The van der Waals surface area contributed by atoms with Crippen molar-refractivity contribution in [1.29, 1.82) is 0 Å². The van der Waals surface area contributed by atoms with Crippen LogP contribution in [0.3, 0.4) is 0 Å². The van der Waals surface area contributed by atoms with Crippen LogP contribution in [0.1, 0.15) is 25.2 Å². The Morgan fingerprint density at radius 2 is 2.04 bits per heavy atom. The van der Waals surface area contributed by atoms with Crippen LogP contribution in [0.5, 0.6) is 0 Å². The van der Waals surface area contributed by atoms with Gasteiger partial charge in [-0.25, -0.2) is 9.98 Å². The molecule has 1 aromatic carbocycles. The van der Waals surface area contributed by atoms with E-state index in [4.69, 9.17) is 4.42 Å².